The summed E-state index contributed by atoms with van der Waals surface area (Å²) in [5.41, 5.74) is 8.50. The topological polar surface area (TPSA) is 56.7 Å². The first kappa shape index (κ1) is 11.1. The predicted molar refractivity (Wildman–Crippen MR) is 63.7 cm³/mol. The third-order valence-electron chi connectivity index (χ3n) is 2.43. The Hall–Kier alpha value is -1.39. The summed E-state index contributed by atoms with van der Waals surface area (Å²) in [4.78, 5) is 0. The first-order valence-corrected chi connectivity index (χ1v) is 5.41. The standard InChI is InChI=1S/C11H13ClN4/c1-7(13)11-8(2)16(15-14-11)10-5-3-9(12)4-6-10/h3-7H,13H2,1-2H3. The molecule has 0 saturated heterocycles. The van der Waals surface area contributed by atoms with E-state index in [1.54, 1.807) is 4.68 Å². The summed E-state index contributed by atoms with van der Waals surface area (Å²) in [6.45, 7) is 3.84. The van der Waals surface area contributed by atoms with Gasteiger partial charge in [0.1, 0.15) is 5.69 Å². The third-order valence-corrected chi connectivity index (χ3v) is 2.68. The zero-order valence-electron chi connectivity index (χ0n) is 9.18. The van der Waals surface area contributed by atoms with E-state index < -0.39 is 0 Å². The fourth-order valence-electron chi connectivity index (χ4n) is 1.59. The van der Waals surface area contributed by atoms with Gasteiger partial charge in [0.05, 0.1) is 11.4 Å². The fraction of sp³-hybridized carbons (Fsp3) is 0.273. The Labute approximate surface area is 99.0 Å². The Kier molecular flexibility index (Phi) is 2.94. The Morgan fingerprint density at radius 2 is 1.94 bits per heavy atom. The van der Waals surface area contributed by atoms with Gasteiger partial charge in [-0.25, -0.2) is 4.68 Å². The first-order valence-electron chi connectivity index (χ1n) is 5.03. The molecule has 1 aromatic heterocycles. The molecule has 0 spiro atoms. The summed E-state index contributed by atoms with van der Waals surface area (Å²) in [5, 5.41) is 8.85. The molecule has 2 rings (SSSR count). The van der Waals surface area contributed by atoms with E-state index in [2.05, 4.69) is 10.3 Å². The minimum Gasteiger partial charge on any atom is -0.323 e. The van der Waals surface area contributed by atoms with Crippen LogP contribution in [0.1, 0.15) is 24.4 Å². The van der Waals surface area contributed by atoms with Crippen LogP contribution < -0.4 is 5.73 Å². The van der Waals surface area contributed by atoms with Crippen LogP contribution in [0, 0.1) is 6.92 Å². The average Bonchev–Trinajstić information content (AvgIpc) is 2.61. The second kappa shape index (κ2) is 4.23. The van der Waals surface area contributed by atoms with E-state index in [0.717, 1.165) is 17.1 Å². The number of nitrogens with zero attached hydrogens (tertiary/aromatic N) is 3. The highest BCUT2D eigenvalue weighted by Crippen LogP contribution is 2.17. The van der Waals surface area contributed by atoms with Gasteiger partial charge in [0.25, 0.3) is 0 Å². The lowest BCUT2D eigenvalue weighted by Gasteiger charge is -2.05. The van der Waals surface area contributed by atoms with Crippen molar-refractivity contribution in [2.24, 2.45) is 5.73 Å². The zero-order valence-corrected chi connectivity index (χ0v) is 9.94. The second-order valence-electron chi connectivity index (χ2n) is 3.74. The van der Waals surface area contributed by atoms with Crippen LogP contribution in [0.25, 0.3) is 5.69 Å². The van der Waals surface area contributed by atoms with Crippen LogP contribution in [0.4, 0.5) is 0 Å². The molecule has 4 nitrogen and oxygen atoms in total. The molecule has 1 atom stereocenters. The molecule has 0 radical (unpaired) electrons. The second-order valence-corrected chi connectivity index (χ2v) is 4.17. The van der Waals surface area contributed by atoms with E-state index >= 15 is 0 Å². The van der Waals surface area contributed by atoms with Gasteiger partial charge in [-0.1, -0.05) is 16.8 Å². The molecule has 0 aliphatic rings. The molecule has 0 bridgehead atoms. The van der Waals surface area contributed by atoms with E-state index in [1.165, 1.54) is 0 Å². The largest absolute Gasteiger partial charge is 0.323 e. The van der Waals surface area contributed by atoms with Crippen LogP contribution in [0.3, 0.4) is 0 Å². The highest BCUT2D eigenvalue weighted by molar-refractivity contribution is 6.30. The van der Waals surface area contributed by atoms with Gasteiger partial charge in [-0.3, -0.25) is 0 Å². The van der Waals surface area contributed by atoms with Crippen molar-refractivity contribution >= 4 is 11.6 Å². The van der Waals surface area contributed by atoms with Gasteiger partial charge in [-0.15, -0.1) is 5.10 Å². The van der Waals surface area contributed by atoms with E-state index in [1.807, 2.05) is 38.1 Å². The van der Waals surface area contributed by atoms with Gasteiger partial charge < -0.3 is 5.73 Å². The molecule has 5 heteroatoms. The molecular formula is C11H13ClN4. The molecule has 1 heterocycles. The molecule has 1 aromatic carbocycles. The van der Waals surface area contributed by atoms with Crippen LogP contribution in [-0.4, -0.2) is 15.0 Å². The Bertz CT molecular complexity index is 487. The minimum absolute atomic E-state index is 0.110. The van der Waals surface area contributed by atoms with Crippen molar-refractivity contribution in [1.82, 2.24) is 15.0 Å². The van der Waals surface area contributed by atoms with Crippen LogP contribution in [0.5, 0.6) is 0 Å². The predicted octanol–water partition coefficient (Wildman–Crippen LogP) is 2.25. The van der Waals surface area contributed by atoms with E-state index in [9.17, 15) is 0 Å². The van der Waals surface area contributed by atoms with Crippen molar-refractivity contribution in [3.05, 3.63) is 40.7 Å². The number of halogens is 1. The Morgan fingerprint density at radius 3 is 2.44 bits per heavy atom. The van der Waals surface area contributed by atoms with Gasteiger partial charge in [-0.2, -0.15) is 0 Å². The number of rotatable bonds is 2. The van der Waals surface area contributed by atoms with Crippen LogP contribution in [0.15, 0.2) is 24.3 Å². The average molecular weight is 237 g/mol. The molecule has 84 valence electrons. The molecular weight excluding hydrogens is 224 g/mol. The van der Waals surface area contributed by atoms with E-state index in [4.69, 9.17) is 17.3 Å². The summed E-state index contributed by atoms with van der Waals surface area (Å²) < 4.78 is 1.76. The van der Waals surface area contributed by atoms with Crippen LogP contribution >= 0.6 is 11.6 Å². The summed E-state index contributed by atoms with van der Waals surface area (Å²) in [5.74, 6) is 0. The Morgan fingerprint density at radius 1 is 1.31 bits per heavy atom. The molecule has 0 aliphatic carbocycles. The minimum atomic E-state index is -0.110. The highest BCUT2D eigenvalue weighted by Gasteiger charge is 2.12. The van der Waals surface area contributed by atoms with Crippen LogP contribution in [0.2, 0.25) is 5.02 Å². The maximum atomic E-state index is 5.83. The maximum Gasteiger partial charge on any atom is 0.102 e. The van der Waals surface area contributed by atoms with Crippen molar-refractivity contribution < 1.29 is 0 Å². The number of benzene rings is 1. The van der Waals surface area contributed by atoms with Crippen molar-refractivity contribution in [3.8, 4) is 5.69 Å². The summed E-state index contributed by atoms with van der Waals surface area (Å²) in [7, 11) is 0. The normalized spacial score (nSPS) is 12.8. The molecule has 0 saturated carbocycles. The first-order chi connectivity index (χ1) is 7.59. The third kappa shape index (κ3) is 1.94. The SMILES string of the molecule is Cc1c(C(C)N)nnn1-c1ccc(Cl)cc1. The molecule has 2 N–H and O–H groups in total. The zero-order chi connectivity index (χ0) is 11.7. The van der Waals surface area contributed by atoms with Gasteiger partial charge in [-0.05, 0) is 38.1 Å². The molecule has 1 unspecified atom stereocenters. The van der Waals surface area contributed by atoms with E-state index in [0.29, 0.717) is 5.02 Å². The monoisotopic (exact) mass is 236 g/mol. The van der Waals surface area contributed by atoms with Gasteiger partial charge in [0.15, 0.2) is 0 Å². The number of hydrogen-bond donors (Lipinski definition) is 1. The van der Waals surface area contributed by atoms with Crippen LogP contribution in [-0.2, 0) is 0 Å². The van der Waals surface area contributed by atoms with Crippen molar-refractivity contribution in [2.45, 2.75) is 19.9 Å². The summed E-state index contributed by atoms with van der Waals surface area (Å²) in [6, 6.07) is 7.33. The molecule has 2 aromatic rings. The lowest BCUT2D eigenvalue weighted by atomic mass is 10.2. The Balaban J connectivity index is 2.45. The number of aromatic nitrogens is 3. The maximum absolute atomic E-state index is 5.83. The van der Waals surface area contributed by atoms with Crippen molar-refractivity contribution in [3.63, 3.8) is 0 Å². The quantitative estimate of drug-likeness (QED) is 0.870. The molecule has 0 fully saturated rings. The molecule has 0 aliphatic heterocycles. The highest BCUT2D eigenvalue weighted by atomic mass is 35.5. The van der Waals surface area contributed by atoms with E-state index in [-0.39, 0.29) is 6.04 Å². The van der Waals surface area contributed by atoms with Gasteiger partial charge in [0.2, 0.25) is 0 Å². The summed E-state index contributed by atoms with van der Waals surface area (Å²) in [6.07, 6.45) is 0. The van der Waals surface area contributed by atoms with Crippen molar-refractivity contribution in [1.29, 1.82) is 0 Å². The van der Waals surface area contributed by atoms with Gasteiger partial charge in [0, 0.05) is 11.1 Å². The summed E-state index contributed by atoms with van der Waals surface area (Å²) >= 11 is 5.83. The molecule has 0 amide bonds. The smallest absolute Gasteiger partial charge is 0.102 e. The van der Waals surface area contributed by atoms with Crippen molar-refractivity contribution in [2.75, 3.05) is 0 Å². The number of nitrogens with two attached hydrogens (primary N) is 1. The number of hydrogen-bond acceptors (Lipinski definition) is 3. The lowest BCUT2D eigenvalue weighted by Crippen LogP contribution is -2.07. The lowest BCUT2D eigenvalue weighted by molar-refractivity contribution is 0.756. The molecule has 16 heavy (non-hydrogen) atoms. The van der Waals surface area contributed by atoms with Gasteiger partial charge >= 0.3 is 0 Å². The fourth-order valence-corrected chi connectivity index (χ4v) is 1.71.